The second kappa shape index (κ2) is 4.75. The third kappa shape index (κ3) is 1.89. The van der Waals surface area contributed by atoms with E-state index in [1.807, 2.05) is 0 Å². The lowest BCUT2D eigenvalue weighted by Gasteiger charge is -2.16. The van der Waals surface area contributed by atoms with Crippen molar-refractivity contribution in [2.45, 2.75) is 24.5 Å². The number of ether oxygens (including phenoxy) is 1. The Morgan fingerprint density at radius 2 is 2.15 bits per heavy atom. The first-order valence-corrected chi connectivity index (χ1v) is 6.25. The molecule has 0 amide bonds. The Morgan fingerprint density at radius 3 is 2.80 bits per heavy atom. The highest BCUT2D eigenvalue weighted by atomic mass is 32.1. The van der Waals surface area contributed by atoms with Gasteiger partial charge in [-0.1, -0.05) is 0 Å². The van der Waals surface area contributed by atoms with Crippen LogP contribution in [0.25, 0.3) is 11.2 Å². The molecule has 1 fully saturated rings. The van der Waals surface area contributed by atoms with Gasteiger partial charge in [0.2, 0.25) is 0 Å². The van der Waals surface area contributed by atoms with Crippen molar-refractivity contribution in [3.8, 4) is 0 Å². The zero-order chi connectivity index (χ0) is 14.4. The van der Waals surface area contributed by atoms with Crippen LogP contribution < -0.4 is 5.56 Å². The van der Waals surface area contributed by atoms with E-state index >= 15 is 0 Å². The number of fused-ring (bicyclic) bond motifs is 1. The van der Waals surface area contributed by atoms with Crippen LogP contribution in [0.3, 0.4) is 0 Å². The lowest BCUT2D eigenvalue weighted by atomic mass is 10.1. The van der Waals surface area contributed by atoms with Crippen molar-refractivity contribution in [3.05, 3.63) is 21.5 Å². The first-order chi connectivity index (χ1) is 9.52. The zero-order valence-corrected chi connectivity index (χ0v) is 10.9. The van der Waals surface area contributed by atoms with Crippen LogP contribution in [0.1, 0.15) is 6.23 Å². The summed E-state index contributed by atoms with van der Waals surface area (Å²) in [6, 6.07) is 0. The molecule has 0 saturated carbocycles. The highest BCUT2D eigenvalue weighted by Gasteiger charge is 2.43. The molecule has 108 valence electrons. The fourth-order valence-corrected chi connectivity index (χ4v) is 2.44. The second-order valence-electron chi connectivity index (χ2n) is 4.49. The van der Waals surface area contributed by atoms with E-state index in [0.717, 1.165) is 0 Å². The van der Waals surface area contributed by atoms with E-state index in [4.69, 9.17) is 22.1 Å². The number of aromatic nitrogens is 4. The maximum Gasteiger partial charge on any atom is 0.279 e. The van der Waals surface area contributed by atoms with Crippen LogP contribution in [0, 0.1) is 4.77 Å². The smallest absolute Gasteiger partial charge is 0.279 e. The van der Waals surface area contributed by atoms with Gasteiger partial charge in [-0.3, -0.25) is 14.3 Å². The summed E-state index contributed by atoms with van der Waals surface area (Å²) in [6.07, 6.45) is -3.07. The third-order valence-electron chi connectivity index (χ3n) is 3.26. The van der Waals surface area contributed by atoms with Gasteiger partial charge in [-0.15, -0.1) is 0 Å². The highest BCUT2D eigenvalue weighted by Crippen LogP contribution is 2.30. The number of nitrogens with one attached hydrogen (secondary N) is 2. The molecule has 0 aliphatic carbocycles. The minimum atomic E-state index is -1.26. The van der Waals surface area contributed by atoms with Crippen LogP contribution in [-0.2, 0) is 4.74 Å². The molecule has 5 N–H and O–H groups in total. The van der Waals surface area contributed by atoms with Crippen molar-refractivity contribution < 1.29 is 20.1 Å². The fourth-order valence-electron chi connectivity index (χ4n) is 2.25. The van der Waals surface area contributed by atoms with Crippen molar-refractivity contribution in [2.75, 3.05) is 6.61 Å². The molecule has 3 heterocycles. The Hall–Kier alpha value is -1.59. The summed E-state index contributed by atoms with van der Waals surface area (Å²) in [7, 11) is 0. The van der Waals surface area contributed by atoms with Gasteiger partial charge in [-0.25, -0.2) is 4.98 Å². The Morgan fingerprint density at radius 1 is 1.40 bits per heavy atom. The number of hydrogen-bond donors (Lipinski definition) is 5. The molecular formula is C10H12N4O5S. The van der Waals surface area contributed by atoms with Crippen molar-refractivity contribution >= 4 is 23.4 Å². The van der Waals surface area contributed by atoms with Gasteiger partial charge in [0.25, 0.3) is 5.56 Å². The quantitative estimate of drug-likeness (QED) is 0.421. The summed E-state index contributed by atoms with van der Waals surface area (Å²) in [5, 5.41) is 28.8. The molecule has 2 aromatic heterocycles. The number of aliphatic hydroxyl groups is 3. The predicted molar refractivity (Wildman–Crippen MR) is 68.5 cm³/mol. The summed E-state index contributed by atoms with van der Waals surface area (Å²) in [5.74, 6) is 0. The van der Waals surface area contributed by atoms with Crippen molar-refractivity contribution in [1.82, 2.24) is 19.5 Å². The Kier molecular flexibility index (Phi) is 3.18. The number of imidazole rings is 1. The van der Waals surface area contributed by atoms with Crippen LogP contribution in [0.15, 0.2) is 11.1 Å². The first kappa shape index (κ1) is 13.4. The number of H-pyrrole nitrogens is 2. The van der Waals surface area contributed by atoms with E-state index in [9.17, 15) is 15.0 Å². The van der Waals surface area contributed by atoms with Crippen molar-refractivity contribution in [3.63, 3.8) is 0 Å². The van der Waals surface area contributed by atoms with Gasteiger partial charge in [-0.05, 0) is 12.2 Å². The van der Waals surface area contributed by atoms with Crippen LogP contribution in [0.5, 0.6) is 0 Å². The topological polar surface area (TPSA) is 136 Å². The molecule has 1 aliphatic rings. The fraction of sp³-hybridized carbons (Fsp3) is 0.500. The van der Waals surface area contributed by atoms with Gasteiger partial charge >= 0.3 is 0 Å². The number of rotatable bonds is 2. The minimum absolute atomic E-state index is 0.107. The van der Waals surface area contributed by atoms with E-state index < -0.39 is 36.7 Å². The van der Waals surface area contributed by atoms with E-state index in [0.29, 0.717) is 0 Å². The molecule has 0 spiro atoms. The third-order valence-corrected chi connectivity index (χ3v) is 3.46. The molecule has 1 aliphatic heterocycles. The molecule has 1 unspecified atom stereocenters. The molecule has 0 bridgehead atoms. The van der Waals surface area contributed by atoms with E-state index in [1.54, 1.807) is 0 Å². The number of hydrogen-bond acceptors (Lipinski definition) is 7. The second-order valence-corrected chi connectivity index (χ2v) is 4.89. The molecule has 3 rings (SSSR count). The minimum Gasteiger partial charge on any atom is -0.394 e. The Labute approximate surface area is 116 Å². The number of aliphatic hydroxyl groups excluding tert-OH is 3. The van der Waals surface area contributed by atoms with E-state index in [-0.39, 0.29) is 15.9 Å². The average Bonchev–Trinajstić information content (AvgIpc) is 2.93. The first-order valence-electron chi connectivity index (χ1n) is 5.84. The molecule has 4 atom stereocenters. The van der Waals surface area contributed by atoms with Gasteiger partial charge in [0.15, 0.2) is 16.5 Å². The Bertz CT molecular complexity index is 752. The number of aromatic amines is 2. The van der Waals surface area contributed by atoms with Crippen LogP contribution in [-0.4, -0.2) is 59.8 Å². The maximum absolute atomic E-state index is 11.7. The molecule has 20 heavy (non-hydrogen) atoms. The lowest BCUT2D eigenvalue weighted by molar-refractivity contribution is -0.0511. The highest BCUT2D eigenvalue weighted by molar-refractivity contribution is 7.71. The summed E-state index contributed by atoms with van der Waals surface area (Å²) < 4.78 is 6.85. The summed E-state index contributed by atoms with van der Waals surface area (Å²) in [5.41, 5.74) is -0.0841. The van der Waals surface area contributed by atoms with Crippen molar-refractivity contribution in [1.29, 1.82) is 0 Å². The maximum atomic E-state index is 11.7. The van der Waals surface area contributed by atoms with Gasteiger partial charge < -0.3 is 25.0 Å². The molecule has 2 aromatic rings. The van der Waals surface area contributed by atoms with Gasteiger partial charge in [0.1, 0.15) is 24.0 Å². The molecule has 9 nitrogen and oxygen atoms in total. The number of nitrogens with zero attached hydrogens (tertiary/aromatic N) is 2. The molecular weight excluding hydrogens is 288 g/mol. The standard InChI is InChI=1S/C10H12N4O5S/c15-1-3-5(16)6(17)9(19-3)14-2-11-4-7(14)12-10(20)13-8(4)18/h2-3,5-6,9,15-17H,1H2,(H2,12,13,18,20)/t3-,5?,6+,9-/m1/s1. The zero-order valence-electron chi connectivity index (χ0n) is 10.1. The van der Waals surface area contributed by atoms with Gasteiger partial charge in [0, 0.05) is 0 Å². The molecule has 0 aromatic carbocycles. The molecule has 10 heteroatoms. The molecule has 0 radical (unpaired) electrons. The predicted octanol–water partition coefficient (Wildman–Crippen LogP) is -1.61. The van der Waals surface area contributed by atoms with Crippen LogP contribution in [0.4, 0.5) is 0 Å². The van der Waals surface area contributed by atoms with Crippen molar-refractivity contribution in [2.24, 2.45) is 0 Å². The average molecular weight is 300 g/mol. The van der Waals surface area contributed by atoms with E-state index in [1.165, 1.54) is 10.9 Å². The Balaban J connectivity index is 2.12. The monoisotopic (exact) mass is 300 g/mol. The van der Waals surface area contributed by atoms with E-state index in [2.05, 4.69) is 15.0 Å². The lowest BCUT2D eigenvalue weighted by Crippen LogP contribution is -2.33. The largest absolute Gasteiger partial charge is 0.394 e. The summed E-state index contributed by atoms with van der Waals surface area (Å²) in [4.78, 5) is 20.7. The SMILES string of the molecule is O=c1[nH]c(=S)[nH]c2c1ncn2[C@@H]1O[C@H](CO)C(O)[C@@H]1O. The van der Waals surface area contributed by atoms with Crippen LogP contribution >= 0.6 is 12.2 Å². The summed E-state index contributed by atoms with van der Waals surface area (Å²) >= 11 is 4.88. The van der Waals surface area contributed by atoms with Gasteiger partial charge in [-0.2, -0.15) is 0 Å². The summed E-state index contributed by atoms with van der Waals surface area (Å²) in [6.45, 7) is -0.433. The van der Waals surface area contributed by atoms with Crippen LogP contribution in [0.2, 0.25) is 0 Å². The normalized spacial score (nSPS) is 30.1. The van der Waals surface area contributed by atoms with Gasteiger partial charge in [0.05, 0.1) is 12.9 Å². The molecule has 1 saturated heterocycles.